The van der Waals surface area contributed by atoms with Crippen LogP contribution in [-0.4, -0.2) is 13.3 Å². The molecule has 0 amide bonds. The van der Waals surface area contributed by atoms with E-state index in [2.05, 4.69) is 42.7 Å². The van der Waals surface area contributed by atoms with Gasteiger partial charge < -0.3 is 10.5 Å². The highest BCUT2D eigenvalue weighted by Crippen LogP contribution is 2.22. The first kappa shape index (κ1) is 10.7. The van der Waals surface area contributed by atoms with Gasteiger partial charge in [-0.25, -0.2) is 0 Å². The zero-order valence-electron chi connectivity index (χ0n) is 5.27. The Kier molecular flexibility index (Phi) is 6.78. The van der Waals surface area contributed by atoms with E-state index in [1.54, 1.807) is 6.21 Å². The third-order valence-electron chi connectivity index (χ3n) is 0.682. The second kappa shape index (κ2) is 6.37. The third-order valence-corrected chi connectivity index (χ3v) is 2.34. The van der Waals surface area contributed by atoms with E-state index in [9.17, 15) is 0 Å². The van der Waals surface area contributed by atoms with Gasteiger partial charge in [0.1, 0.15) is 0 Å². The molecule has 0 bridgehead atoms. The Balaban J connectivity index is 4.04. The molecule has 1 atom stereocenters. The molecular weight excluding hydrogens is 330 g/mol. The fourth-order valence-corrected chi connectivity index (χ4v) is 1.29. The summed E-state index contributed by atoms with van der Waals surface area (Å²) in [6.45, 7) is 0. The maximum atomic E-state index is 5.38. The van der Waals surface area contributed by atoms with Gasteiger partial charge in [-0.05, 0) is 38.0 Å². The molecule has 0 heterocycles. The smallest absolute Gasteiger partial charge is 0.200 e. The minimum absolute atomic E-state index is 0.346. The quantitative estimate of drug-likeness (QED) is 0.371. The summed E-state index contributed by atoms with van der Waals surface area (Å²) in [4.78, 5) is 0. The SMILES string of the molecule is CO/C(N)=C(Br)/C=N/PI. The average molecular weight is 337 g/mol. The minimum Gasteiger partial charge on any atom is -0.482 e. The topological polar surface area (TPSA) is 47.6 Å². The number of nitrogens with two attached hydrogens (primary N) is 1. The standard InChI is InChI=1S/C4H7BrIN2OP/c1-9-4(7)3(5)2-8-10-6/h2,10H,7H2,1H3/b4-3-,8-2+. The number of rotatable bonds is 3. The third kappa shape index (κ3) is 4.46. The van der Waals surface area contributed by atoms with Gasteiger partial charge in [-0.3, -0.25) is 4.76 Å². The van der Waals surface area contributed by atoms with E-state index in [1.807, 2.05) is 0 Å². The minimum atomic E-state index is 0.346. The zero-order valence-corrected chi connectivity index (χ0v) is 10.0. The molecule has 0 aromatic carbocycles. The van der Waals surface area contributed by atoms with Crippen LogP contribution in [0.15, 0.2) is 15.1 Å². The van der Waals surface area contributed by atoms with Crippen molar-refractivity contribution in [1.82, 2.24) is 0 Å². The van der Waals surface area contributed by atoms with E-state index in [1.165, 1.54) is 7.11 Å². The van der Waals surface area contributed by atoms with Gasteiger partial charge in [0.25, 0.3) is 0 Å². The molecule has 0 saturated carbocycles. The first-order valence-corrected chi connectivity index (χ1v) is 7.15. The fourth-order valence-electron chi connectivity index (χ4n) is 0.242. The normalized spacial score (nSPS) is 14.7. The van der Waals surface area contributed by atoms with Crippen molar-refractivity contribution in [2.45, 2.75) is 0 Å². The molecule has 0 aromatic rings. The number of ether oxygens (including phenoxy) is 1. The summed E-state index contributed by atoms with van der Waals surface area (Å²) in [6.07, 6.45) is 2.14. The molecule has 0 aliphatic carbocycles. The van der Waals surface area contributed by atoms with Crippen LogP contribution >= 0.6 is 44.3 Å². The molecule has 10 heavy (non-hydrogen) atoms. The molecule has 2 N–H and O–H groups in total. The lowest BCUT2D eigenvalue weighted by atomic mass is 10.6. The lowest BCUT2D eigenvalue weighted by molar-refractivity contribution is 0.287. The maximum absolute atomic E-state index is 5.38. The predicted octanol–water partition coefficient (Wildman–Crippen LogP) is 2.17. The molecule has 0 rings (SSSR count). The Morgan fingerprint density at radius 2 is 2.50 bits per heavy atom. The molecule has 0 spiro atoms. The Morgan fingerprint density at radius 1 is 1.90 bits per heavy atom. The van der Waals surface area contributed by atoms with E-state index < -0.39 is 0 Å². The number of hydrogen-bond donors (Lipinski definition) is 1. The molecule has 0 aliphatic heterocycles. The lowest BCUT2D eigenvalue weighted by Crippen LogP contribution is -2.01. The summed E-state index contributed by atoms with van der Waals surface area (Å²) in [6, 6.07) is 0. The lowest BCUT2D eigenvalue weighted by Gasteiger charge is -1.97. The van der Waals surface area contributed by atoms with E-state index in [0.717, 1.165) is 0 Å². The number of halogens is 2. The van der Waals surface area contributed by atoms with E-state index in [4.69, 9.17) is 10.5 Å². The predicted molar refractivity (Wildman–Crippen MR) is 58.0 cm³/mol. The number of methoxy groups -OCH3 is 1. The highest BCUT2D eigenvalue weighted by atomic mass is 127. The fraction of sp³-hybridized carbons (Fsp3) is 0.250. The van der Waals surface area contributed by atoms with Crippen LogP contribution in [0.25, 0.3) is 0 Å². The Bertz CT molecular complexity index is 161. The summed E-state index contributed by atoms with van der Waals surface area (Å²) < 4.78 is 9.37. The maximum Gasteiger partial charge on any atom is 0.200 e. The van der Waals surface area contributed by atoms with Crippen molar-refractivity contribution >= 4 is 50.6 Å². The first-order chi connectivity index (χ1) is 4.72. The molecular formula is C4H7BrIN2OP. The van der Waals surface area contributed by atoms with Gasteiger partial charge in [0.15, 0.2) is 5.88 Å². The van der Waals surface area contributed by atoms with E-state index >= 15 is 0 Å². The largest absolute Gasteiger partial charge is 0.482 e. The first-order valence-electron chi connectivity index (χ1n) is 2.30. The molecule has 1 unspecified atom stereocenters. The van der Waals surface area contributed by atoms with Crippen molar-refractivity contribution in [2.75, 3.05) is 7.11 Å². The highest BCUT2D eigenvalue weighted by molar-refractivity contribution is 14.2. The number of allylic oxidation sites excluding steroid dienone is 1. The number of hydrogen-bond acceptors (Lipinski definition) is 3. The van der Waals surface area contributed by atoms with Crippen molar-refractivity contribution in [2.24, 2.45) is 10.5 Å². The summed E-state index contributed by atoms with van der Waals surface area (Å²) in [5.41, 5.74) is 5.38. The molecule has 3 nitrogen and oxygen atoms in total. The Hall–Kier alpha value is 0.650. The Morgan fingerprint density at radius 3 is 2.90 bits per heavy atom. The van der Waals surface area contributed by atoms with E-state index in [-0.39, 0.29) is 0 Å². The zero-order chi connectivity index (χ0) is 7.98. The second-order valence-corrected chi connectivity index (χ2v) is 3.99. The summed E-state index contributed by atoms with van der Waals surface area (Å²) in [5.74, 6) is 0.346. The molecule has 58 valence electrons. The van der Waals surface area contributed by atoms with Crippen LogP contribution in [0.5, 0.6) is 0 Å². The van der Waals surface area contributed by atoms with Gasteiger partial charge in [-0.1, -0.05) is 0 Å². The second-order valence-electron chi connectivity index (χ2n) is 1.26. The molecule has 0 aliphatic rings. The van der Waals surface area contributed by atoms with Crippen molar-refractivity contribution in [3.05, 3.63) is 10.4 Å². The molecule has 0 aromatic heterocycles. The van der Waals surface area contributed by atoms with Crippen molar-refractivity contribution < 1.29 is 4.74 Å². The van der Waals surface area contributed by atoms with Crippen LogP contribution in [0, 0.1) is 0 Å². The molecule has 0 radical (unpaired) electrons. The average Bonchev–Trinajstić information content (AvgIpc) is 1.98. The van der Waals surface area contributed by atoms with Crippen molar-refractivity contribution in [3.63, 3.8) is 0 Å². The van der Waals surface area contributed by atoms with Crippen LogP contribution in [0.1, 0.15) is 0 Å². The number of nitrogens with zero attached hydrogens (tertiary/aromatic N) is 1. The van der Waals surface area contributed by atoms with Gasteiger partial charge >= 0.3 is 0 Å². The summed E-state index contributed by atoms with van der Waals surface area (Å²) >= 11 is 5.35. The van der Waals surface area contributed by atoms with Gasteiger partial charge in [-0.2, -0.15) is 0 Å². The van der Waals surface area contributed by atoms with E-state index in [0.29, 0.717) is 16.7 Å². The van der Waals surface area contributed by atoms with Gasteiger partial charge in [0.2, 0.25) is 0 Å². The molecule has 0 fully saturated rings. The monoisotopic (exact) mass is 336 g/mol. The van der Waals surface area contributed by atoms with Crippen LogP contribution in [0.2, 0.25) is 0 Å². The van der Waals surface area contributed by atoms with Crippen molar-refractivity contribution in [3.8, 4) is 0 Å². The molecule has 0 saturated heterocycles. The Labute approximate surface area is 82.9 Å². The highest BCUT2D eigenvalue weighted by Gasteiger charge is 1.93. The molecule has 6 heteroatoms. The van der Waals surface area contributed by atoms with Crippen LogP contribution in [0.4, 0.5) is 0 Å². The summed E-state index contributed by atoms with van der Waals surface area (Å²) in [7, 11) is 1.51. The van der Waals surface area contributed by atoms with Crippen LogP contribution < -0.4 is 5.73 Å². The van der Waals surface area contributed by atoms with Gasteiger partial charge in [-0.15, -0.1) is 0 Å². The van der Waals surface area contributed by atoms with Crippen molar-refractivity contribution in [1.29, 1.82) is 0 Å². The van der Waals surface area contributed by atoms with Crippen LogP contribution in [0.3, 0.4) is 0 Å². The van der Waals surface area contributed by atoms with Crippen LogP contribution in [-0.2, 0) is 4.74 Å². The summed E-state index contributed by atoms with van der Waals surface area (Å²) in [5, 5.41) is 0. The van der Waals surface area contributed by atoms with Gasteiger partial charge in [0.05, 0.1) is 18.0 Å². The van der Waals surface area contributed by atoms with Gasteiger partial charge in [0, 0.05) is 6.21 Å².